The average molecular weight is 301 g/mol. The van der Waals surface area contributed by atoms with E-state index in [9.17, 15) is 13.6 Å². The van der Waals surface area contributed by atoms with Crippen molar-refractivity contribution in [2.75, 3.05) is 5.32 Å². The van der Waals surface area contributed by atoms with Crippen molar-refractivity contribution in [2.45, 2.75) is 19.9 Å². The Morgan fingerprint density at radius 3 is 2.90 bits per heavy atom. The van der Waals surface area contributed by atoms with E-state index in [2.05, 4.69) is 15.3 Å². The molecule has 0 aliphatic heterocycles. The quantitative estimate of drug-likeness (QED) is 0.883. The van der Waals surface area contributed by atoms with E-state index in [4.69, 9.17) is 11.6 Å². The van der Waals surface area contributed by atoms with Crippen LogP contribution in [0, 0.1) is 6.92 Å². The summed E-state index contributed by atoms with van der Waals surface area (Å²) in [5.74, 6) is -0.540. The molecule has 0 atom stereocenters. The number of anilines is 1. The van der Waals surface area contributed by atoms with Gasteiger partial charge in [-0.05, 0) is 25.1 Å². The second-order valence-electron chi connectivity index (χ2n) is 4.05. The van der Waals surface area contributed by atoms with Gasteiger partial charge in [-0.3, -0.25) is 10.1 Å². The molecule has 8 heteroatoms. The Labute approximate surface area is 118 Å². The van der Waals surface area contributed by atoms with Gasteiger partial charge in [-0.25, -0.2) is 18.7 Å². The summed E-state index contributed by atoms with van der Waals surface area (Å²) in [6, 6.07) is 4.49. The number of carbonyl (C=O) groups excluding carboxylic acids is 1. The lowest BCUT2D eigenvalue weighted by atomic mass is 10.4. The molecule has 0 spiro atoms. The predicted octanol–water partition coefficient (Wildman–Crippen LogP) is 2.76. The van der Waals surface area contributed by atoms with Crippen LogP contribution in [0.5, 0.6) is 0 Å². The molecule has 0 saturated carbocycles. The summed E-state index contributed by atoms with van der Waals surface area (Å²) < 4.78 is 25.9. The summed E-state index contributed by atoms with van der Waals surface area (Å²) in [5.41, 5.74) is 0.690. The maximum Gasteiger partial charge on any atom is 0.274 e. The molecule has 2 rings (SSSR count). The second-order valence-corrected chi connectivity index (χ2v) is 4.43. The summed E-state index contributed by atoms with van der Waals surface area (Å²) in [7, 11) is 0. The molecule has 0 aliphatic rings. The van der Waals surface area contributed by atoms with E-state index in [0.717, 1.165) is 4.57 Å². The Morgan fingerprint density at radius 1 is 1.50 bits per heavy atom. The SMILES string of the molecule is Cc1cc(Cl)nc(NC(=O)c2cccn2CC(F)F)n1. The summed E-state index contributed by atoms with van der Waals surface area (Å²) in [4.78, 5) is 19.8. The number of aromatic nitrogens is 3. The van der Waals surface area contributed by atoms with Crippen molar-refractivity contribution in [1.29, 1.82) is 0 Å². The molecular weight excluding hydrogens is 290 g/mol. The first-order valence-electron chi connectivity index (χ1n) is 5.71. The largest absolute Gasteiger partial charge is 0.338 e. The van der Waals surface area contributed by atoms with E-state index in [1.807, 2.05) is 0 Å². The van der Waals surface area contributed by atoms with Gasteiger partial charge in [0.1, 0.15) is 10.8 Å². The normalized spacial score (nSPS) is 10.8. The van der Waals surface area contributed by atoms with E-state index < -0.39 is 18.9 Å². The van der Waals surface area contributed by atoms with Crippen molar-refractivity contribution in [1.82, 2.24) is 14.5 Å². The fourth-order valence-electron chi connectivity index (χ4n) is 1.68. The van der Waals surface area contributed by atoms with Crippen LogP contribution in [-0.4, -0.2) is 26.9 Å². The minimum atomic E-state index is -2.54. The van der Waals surface area contributed by atoms with Crippen molar-refractivity contribution in [3.05, 3.63) is 40.9 Å². The van der Waals surface area contributed by atoms with Crippen molar-refractivity contribution in [3.8, 4) is 0 Å². The lowest BCUT2D eigenvalue weighted by molar-refractivity contribution is 0.0997. The first-order valence-corrected chi connectivity index (χ1v) is 6.09. The fraction of sp³-hybridized carbons (Fsp3) is 0.250. The smallest absolute Gasteiger partial charge is 0.274 e. The highest BCUT2D eigenvalue weighted by Gasteiger charge is 2.15. The molecule has 2 aromatic rings. The van der Waals surface area contributed by atoms with Crippen LogP contribution in [0.25, 0.3) is 0 Å². The van der Waals surface area contributed by atoms with Gasteiger partial charge in [0.2, 0.25) is 5.95 Å². The number of hydrogen-bond acceptors (Lipinski definition) is 3. The highest BCUT2D eigenvalue weighted by molar-refractivity contribution is 6.29. The third-order valence-corrected chi connectivity index (χ3v) is 2.64. The van der Waals surface area contributed by atoms with E-state index in [1.165, 1.54) is 24.4 Å². The minimum Gasteiger partial charge on any atom is -0.338 e. The number of nitrogens with one attached hydrogen (secondary N) is 1. The zero-order chi connectivity index (χ0) is 14.7. The van der Waals surface area contributed by atoms with Gasteiger partial charge in [0.05, 0.1) is 6.54 Å². The average Bonchev–Trinajstić information content (AvgIpc) is 2.74. The lowest BCUT2D eigenvalue weighted by Crippen LogP contribution is -2.20. The third kappa shape index (κ3) is 3.51. The maximum absolute atomic E-state index is 12.4. The standard InChI is InChI=1S/C12H11ClF2N4O/c1-7-5-9(13)17-12(16-7)18-11(20)8-3-2-4-19(8)6-10(14)15/h2-5,10H,6H2,1H3,(H,16,17,18,20). The Morgan fingerprint density at radius 2 is 2.25 bits per heavy atom. The molecule has 0 bridgehead atoms. The maximum atomic E-state index is 12.4. The lowest BCUT2D eigenvalue weighted by Gasteiger charge is -2.09. The van der Waals surface area contributed by atoms with E-state index in [-0.39, 0.29) is 16.8 Å². The molecule has 0 fully saturated rings. The summed E-state index contributed by atoms with van der Waals surface area (Å²) in [6.45, 7) is 1.15. The van der Waals surface area contributed by atoms with E-state index >= 15 is 0 Å². The monoisotopic (exact) mass is 300 g/mol. The molecule has 20 heavy (non-hydrogen) atoms. The number of amides is 1. The van der Waals surface area contributed by atoms with Crippen LogP contribution in [0.4, 0.5) is 14.7 Å². The first kappa shape index (κ1) is 14.4. The third-order valence-electron chi connectivity index (χ3n) is 2.45. The Balaban J connectivity index is 2.18. The number of halogens is 3. The fourth-order valence-corrected chi connectivity index (χ4v) is 1.92. The van der Waals surface area contributed by atoms with Crippen LogP contribution in [0.15, 0.2) is 24.4 Å². The number of hydrogen-bond donors (Lipinski definition) is 1. The second kappa shape index (κ2) is 5.96. The van der Waals surface area contributed by atoms with Gasteiger partial charge in [0.15, 0.2) is 0 Å². The molecule has 0 radical (unpaired) electrons. The number of nitrogens with zero attached hydrogens (tertiary/aromatic N) is 3. The number of aryl methyl sites for hydroxylation is 1. The summed E-state index contributed by atoms with van der Waals surface area (Å²) in [6.07, 6.45) is -1.14. The number of rotatable bonds is 4. The molecule has 0 saturated heterocycles. The Kier molecular flexibility index (Phi) is 4.29. The van der Waals surface area contributed by atoms with Gasteiger partial charge >= 0.3 is 0 Å². The van der Waals surface area contributed by atoms with Crippen LogP contribution >= 0.6 is 11.6 Å². The number of carbonyl (C=O) groups is 1. The molecule has 106 valence electrons. The molecule has 2 heterocycles. The Bertz CT molecular complexity index is 609. The van der Waals surface area contributed by atoms with Gasteiger partial charge < -0.3 is 4.57 Å². The van der Waals surface area contributed by atoms with Crippen LogP contribution in [0.3, 0.4) is 0 Å². The summed E-state index contributed by atoms with van der Waals surface area (Å²) in [5, 5.41) is 2.62. The van der Waals surface area contributed by atoms with Crippen LogP contribution < -0.4 is 5.32 Å². The van der Waals surface area contributed by atoms with Crippen LogP contribution in [0.2, 0.25) is 5.15 Å². The highest BCUT2D eigenvalue weighted by Crippen LogP contribution is 2.12. The molecule has 0 unspecified atom stereocenters. The Hall–Kier alpha value is -2.02. The van der Waals surface area contributed by atoms with Crippen molar-refractivity contribution >= 4 is 23.5 Å². The molecule has 1 N–H and O–H groups in total. The van der Waals surface area contributed by atoms with E-state index in [0.29, 0.717) is 5.69 Å². The number of alkyl halides is 2. The topological polar surface area (TPSA) is 59.8 Å². The molecule has 2 aromatic heterocycles. The summed E-state index contributed by atoms with van der Waals surface area (Å²) >= 11 is 5.75. The molecule has 0 aromatic carbocycles. The van der Waals surface area contributed by atoms with Gasteiger partial charge in [-0.15, -0.1) is 0 Å². The van der Waals surface area contributed by atoms with Crippen molar-refractivity contribution < 1.29 is 13.6 Å². The van der Waals surface area contributed by atoms with Crippen LogP contribution in [-0.2, 0) is 6.54 Å². The predicted molar refractivity (Wildman–Crippen MR) is 70.2 cm³/mol. The minimum absolute atomic E-state index is 0.0322. The highest BCUT2D eigenvalue weighted by atomic mass is 35.5. The van der Waals surface area contributed by atoms with Gasteiger partial charge in [-0.1, -0.05) is 11.6 Å². The van der Waals surface area contributed by atoms with Gasteiger partial charge in [-0.2, -0.15) is 0 Å². The van der Waals surface area contributed by atoms with E-state index in [1.54, 1.807) is 6.92 Å². The molecule has 5 nitrogen and oxygen atoms in total. The van der Waals surface area contributed by atoms with Gasteiger partial charge in [0.25, 0.3) is 12.3 Å². The molecular formula is C12H11ClF2N4O. The molecule has 0 aliphatic carbocycles. The van der Waals surface area contributed by atoms with Gasteiger partial charge in [0, 0.05) is 11.9 Å². The first-order chi connectivity index (χ1) is 9.45. The van der Waals surface area contributed by atoms with Crippen molar-refractivity contribution in [2.24, 2.45) is 0 Å². The zero-order valence-corrected chi connectivity index (χ0v) is 11.2. The molecule has 1 amide bonds. The van der Waals surface area contributed by atoms with Crippen LogP contribution in [0.1, 0.15) is 16.2 Å². The van der Waals surface area contributed by atoms with Crippen molar-refractivity contribution in [3.63, 3.8) is 0 Å². The zero-order valence-electron chi connectivity index (χ0n) is 10.5.